The molecule has 1 unspecified atom stereocenters. The van der Waals surface area contributed by atoms with E-state index in [0.717, 1.165) is 6.92 Å². The Morgan fingerprint density at radius 1 is 1.33 bits per heavy atom. The zero-order chi connectivity index (χ0) is 11.1. The van der Waals surface area contributed by atoms with Crippen LogP contribution in [-0.4, -0.2) is 25.2 Å². The second-order valence-electron chi connectivity index (χ2n) is 3.47. The molecule has 5 nitrogen and oxygen atoms in total. The van der Waals surface area contributed by atoms with Crippen LogP contribution in [0, 0.1) is 11.8 Å². The van der Waals surface area contributed by atoms with E-state index in [4.69, 9.17) is 11.5 Å². The molecule has 0 bridgehead atoms. The molecule has 0 spiro atoms. The third-order valence-electron chi connectivity index (χ3n) is 2.43. The number of carbonyl (C=O) groups is 1. The molecule has 1 saturated carbocycles. The normalized spacial score (nSPS) is 25.1. The first kappa shape index (κ1) is 17.4. The van der Waals surface area contributed by atoms with Gasteiger partial charge in [0.1, 0.15) is 0 Å². The molecule has 0 aromatic carbocycles. The number of nitrogens with one attached hydrogen (secondary N) is 2. The fourth-order valence-corrected chi connectivity index (χ4v) is 1.18. The molecule has 0 aromatic rings. The van der Waals surface area contributed by atoms with Crippen molar-refractivity contribution in [3.05, 3.63) is 11.5 Å². The molecule has 0 amide bonds. The molecule has 0 radical (unpaired) electrons. The van der Waals surface area contributed by atoms with Gasteiger partial charge in [-0.1, -0.05) is 37.7 Å². The number of hydrogen-bond donors (Lipinski definition) is 0. The van der Waals surface area contributed by atoms with Gasteiger partial charge in [-0.25, -0.2) is 0 Å². The minimum atomic E-state index is -1.59. The predicted octanol–water partition coefficient (Wildman–Crippen LogP) is -0.400. The molecule has 0 aromatic heterocycles. The van der Waals surface area contributed by atoms with Crippen molar-refractivity contribution in [2.75, 3.05) is 13.1 Å². The summed E-state index contributed by atoms with van der Waals surface area (Å²) in [6.07, 6.45) is 0.810. The molecule has 1 fully saturated rings. The van der Waals surface area contributed by atoms with Crippen LogP contribution in [0.5, 0.6) is 0 Å². The Morgan fingerprint density at radius 3 is 1.67 bits per heavy atom. The van der Waals surface area contributed by atoms with E-state index in [9.17, 15) is 15.0 Å². The Balaban J connectivity index is 0. The van der Waals surface area contributed by atoms with Crippen LogP contribution in [0.2, 0.25) is 0 Å². The third-order valence-corrected chi connectivity index (χ3v) is 2.43. The Kier molecular flexibility index (Phi) is 10.8. The first-order valence-electron chi connectivity index (χ1n) is 4.68. The molecule has 0 saturated heterocycles. The van der Waals surface area contributed by atoms with E-state index in [1.54, 1.807) is 0 Å². The van der Waals surface area contributed by atoms with Crippen molar-refractivity contribution >= 4 is 5.97 Å². The summed E-state index contributed by atoms with van der Waals surface area (Å²) in [4.78, 5) is 9.28. The van der Waals surface area contributed by atoms with E-state index in [0.29, 0.717) is 24.9 Å². The van der Waals surface area contributed by atoms with E-state index in [1.165, 1.54) is 12.8 Å². The molecule has 0 heterocycles. The Labute approximate surface area is 104 Å². The molecule has 1 aliphatic rings. The van der Waals surface area contributed by atoms with Crippen LogP contribution in [0.4, 0.5) is 0 Å². The van der Waals surface area contributed by atoms with Crippen molar-refractivity contribution in [1.29, 1.82) is 0 Å². The fraction of sp³-hybridized carbons (Fsp3) is 0.889. The van der Waals surface area contributed by atoms with Crippen molar-refractivity contribution in [3.63, 3.8) is 0 Å². The molecule has 6 heteroatoms. The summed E-state index contributed by atoms with van der Waals surface area (Å²) >= 11 is 0. The summed E-state index contributed by atoms with van der Waals surface area (Å²) < 4.78 is 0. The van der Waals surface area contributed by atoms with Crippen LogP contribution in [0.1, 0.15) is 19.8 Å². The van der Waals surface area contributed by atoms with E-state index >= 15 is 0 Å². The molecule has 3 atom stereocenters. The van der Waals surface area contributed by atoms with Crippen LogP contribution in [-0.2, 0) is 25.9 Å². The largest absolute Gasteiger partial charge is 4.00 e. The maximum Gasteiger partial charge on any atom is 4.00 e. The molecular formula is C9H16N2O3Pt. The maximum absolute atomic E-state index is 9.56. The summed E-state index contributed by atoms with van der Waals surface area (Å²) in [6.45, 7) is 2.11. The average molecular weight is 395 g/mol. The molecule has 0 aliphatic heterocycles. The van der Waals surface area contributed by atoms with Gasteiger partial charge in [-0.2, -0.15) is 0 Å². The topological polar surface area (TPSA) is 111 Å². The average Bonchev–Trinajstić information content (AvgIpc) is 2.05. The van der Waals surface area contributed by atoms with Gasteiger partial charge in [-0.3, -0.25) is 0 Å². The van der Waals surface area contributed by atoms with Gasteiger partial charge in [0, 0.05) is 5.97 Å². The quantitative estimate of drug-likeness (QED) is 0.648. The van der Waals surface area contributed by atoms with Gasteiger partial charge in [0.25, 0.3) is 0 Å². The Bertz CT molecular complexity index is 165. The maximum atomic E-state index is 9.56. The summed E-state index contributed by atoms with van der Waals surface area (Å²) in [5.41, 5.74) is 14.0. The van der Waals surface area contributed by atoms with Crippen LogP contribution < -0.4 is 10.2 Å². The molecule has 2 N–H and O–H groups in total. The predicted molar refractivity (Wildman–Crippen MR) is 49.1 cm³/mol. The number of hydrogen-bond acceptors (Lipinski definition) is 3. The smallest absolute Gasteiger partial charge is 0.848 e. The van der Waals surface area contributed by atoms with Crippen molar-refractivity contribution < 1.29 is 36.1 Å². The first-order valence-corrected chi connectivity index (χ1v) is 4.68. The molecule has 15 heavy (non-hydrogen) atoms. The van der Waals surface area contributed by atoms with Crippen LogP contribution in [0.15, 0.2) is 0 Å². The van der Waals surface area contributed by atoms with Crippen molar-refractivity contribution in [2.45, 2.75) is 25.9 Å². The summed E-state index contributed by atoms with van der Waals surface area (Å²) in [7, 11) is 0. The minimum Gasteiger partial charge on any atom is -0.848 e. The summed E-state index contributed by atoms with van der Waals surface area (Å²) in [5.74, 6) is -0.394. The Morgan fingerprint density at radius 2 is 1.60 bits per heavy atom. The summed E-state index contributed by atoms with van der Waals surface area (Å²) in [6, 6.07) is 0. The van der Waals surface area contributed by atoms with Gasteiger partial charge < -0.3 is 26.5 Å². The zero-order valence-corrected chi connectivity index (χ0v) is 10.9. The first-order chi connectivity index (χ1) is 6.52. The zero-order valence-electron chi connectivity index (χ0n) is 8.60. The summed E-state index contributed by atoms with van der Waals surface area (Å²) in [5, 5.41) is 18.8. The van der Waals surface area contributed by atoms with Crippen LogP contribution >= 0.6 is 0 Å². The van der Waals surface area contributed by atoms with Crippen LogP contribution in [0.3, 0.4) is 0 Å². The number of aliphatic carboxylic acids is 1. The van der Waals surface area contributed by atoms with Gasteiger partial charge in [0.15, 0.2) is 0 Å². The third kappa shape index (κ3) is 7.01. The van der Waals surface area contributed by atoms with E-state index in [1.807, 2.05) is 0 Å². The van der Waals surface area contributed by atoms with Crippen molar-refractivity contribution in [2.24, 2.45) is 11.8 Å². The van der Waals surface area contributed by atoms with Gasteiger partial charge in [-0.15, -0.1) is 13.1 Å². The molecular weight excluding hydrogens is 379 g/mol. The van der Waals surface area contributed by atoms with Gasteiger partial charge in [0.05, 0.1) is 0 Å². The van der Waals surface area contributed by atoms with Crippen LogP contribution in [0.25, 0.3) is 11.5 Å². The molecule has 1 rings (SSSR count). The van der Waals surface area contributed by atoms with E-state index in [2.05, 4.69) is 0 Å². The monoisotopic (exact) mass is 395 g/mol. The second kappa shape index (κ2) is 9.28. The number of carboxylic acids is 1. The van der Waals surface area contributed by atoms with Gasteiger partial charge in [0.2, 0.25) is 0 Å². The van der Waals surface area contributed by atoms with E-state index in [-0.39, 0.29) is 21.1 Å². The number of rotatable bonds is 3. The van der Waals surface area contributed by atoms with E-state index < -0.39 is 12.1 Å². The second-order valence-corrected chi connectivity index (χ2v) is 3.47. The standard InChI is InChI=1S/C6H12N2.C3H5O3.Pt/c7-3-5-1-2-6(5)4-8;1-2(4)3(5)6;/h5-8H,1-4H2;2H,1H3,(H,5,6);/q-2;-1;+4/p-1/t5-,6-;;/m0../s1. The van der Waals surface area contributed by atoms with Crippen molar-refractivity contribution in [3.8, 4) is 0 Å². The Hall–Kier alpha value is 0.0383. The van der Waals surface area contributed by atoms with Crippen molar-refractivity contribution in [1.82, 2.24) is 0 Å². The SMILES string of the molecule is CC([O-])C(=O)[O-].[NH-]C[C@@H]1CC[C@H]1C[NH-].[Pt+4]. The van der Waals surface area contributed by atoms with Gasteiger partial charge >= 0.3 is 21.1 Å². The minimum absolute atomic E-state index is 0. The van der Waals surface area contributed by atoms with Gasteiger partial charge in [-0.05, 0) is 0 Å². The molecule has 90 valence electrons. The molecule has 1 aliphatic carbocycles. The number of carboxylic acid groups (broad SMARTS) is 1. The fourth-order valence-electron chi connectivity index (χ4n) is 1.18. The number of carbonyl (C=O) groups excluding carboxylic acids is 1.